The first-order valence-corrected chi connectivity index (χ1v) is 8.17. The van der Waals surface area contributed by atoms with Crippen molar-refractivity contribution in [1.29, 1.82) is 0 Å². The molecule has 0 aromatic heterocycles. The van der Waals surface area contributed by atoms with Gasteiger partial charge in [0.15, 0.2) is 0 Å². The SMILES string of the molecule is COc1ccc(C(CN)N2CCN(C)C(C)(C)C2)cc1Br. The van der Waals surface area contributed by atoms with Crippen molar-refractivity contribution in [2.24, 2.45) is 5.73 Å². The van der Waals surface area contributed by atoms with E-state index in [0.717, 1.165) is 29.9 Å². The van der Waals surface area contributed by atoms with Gasteiger partial charge in [-0.2, -0.15) is 0 Å². The molecule has 118 valence electrons. The minimum absolute atomic E-state index is 0.176. The highest BCUT2D eigenvalue weighted by Crippen LogP contribution is 2.32. The van der Waals surface area contributed by atoms with Crippen LogP contribution >= 0.6 is 15.9 Å². The molecule has 1 aromatic rings. The zero-order valence-corrected chi connectivity index (χ0v) is 15.0. The Bertz CT molecular complexity index is 492. The smallest absolute Gasteiger partial charge is 0.133 e. The van der Waals surface area contributed by atoms with E-state index in [0.29, 0.717) is 6.54 Å². The molecule has 21 heavy (non-hydrogen) atoms. The Morgan fingerprint density at radius 2 is 2.10 bits per heavy atom. The molecule has 4 nitrogen and oxygen atoms in total. The van der Waals surface area contributed by atoms with Gasteiger partial charge in [0.2, 0.25) is 0 Å². The number of rotatable bonds is 4. The quantitative estimate of drug-likeness (QED) is 0.900. The summed E-state index contributed by atoms with van der Waals surface area (Å²) in [7, 11) is 3.88. The van der Waals surface area contributed by atoms with Crippen LogP contribution in [0.4, 0.5) is 0 Å². The zero-order chi connectivity index (χ0) is 15.6. The van der Waals surface area contributed by atoms with Gasteiger partial charge in [0.05, 0.1) is 11.6 Å². The van der Waals surface area contributed by atoms with Crippen LogP contribution in [0.5, 0.6) is 5.75 Å². The lowest BCUT2D eigenvalue weighted by molar-refractivity contribution is 0.0180. The van der Waals surface area contributed by atoms with Crippen LogP contribution in [0.1, 0.15) is 25.5 Å². The lowest BCUT2D eigenvalue weighted by Gasteiger charge is -2.48. The monoisotopic (exact) mass is 355 g/mol. The highest BCUT2D eigenvalue weighted by Gasteiger charge is 2.34. The van der Waals surface area contributed by atoms with Crippen molar-refractivity contribution < 1.29 is 4.74 Å². The van der Waals surface area contributed by atoms with Crippen LogP contribution in [0, 0.1) is 0 Å². The van der Waals surface area contributed by atoms with Crippen LogP contribution in [0.25, 0.3) is 0 Å². The van der Waals surface area contributed by atoms with Gasteiger partial charge in [0.25, 0.3) is 0 Å². The number of nitrogens with two attached hydrogens (primary N) is 1. The molecule has 1 unspecified atom stereocenters. The number of likely N-dealkylation sites (N-methyl/N-ethyl adjacent to an activating group) is 1. The fraction of sp³-hybridized carbons (Fsp3) is 0.625. The maximum Gasteiger partial charge on any atom is 0.133 e. The van der Waals surface area contributed by atoms with Gasteiger partial charge in [0, 0.05) is 37.8 Å². The Kier molecular flexibility index (Phi) is 5.30. The van der Waals surface area contributed by atoms with Gasteiger partial charge in [-0.05, 0) is 54.5 Å². The van der Waals surface area contributed by atoms with E-state index in [1.807, 2.05) is 6.07 Å². The Labute approximate surface area is 136 Å². The summed E-state index contributed by atoms with van der Waals surface area (Å²) in [5, 5.41) is 0. The Balaban J connectivity index is 2.22. The molecular formula is C16H26BrN3O. The summed E-state index contributed by atoms with van der Waals surface area (Å²) < 4.78 is 6.29. The first kappa shape index (κ1) is 16.7. The highest BCUT2D eigenvalue weighted by molar-refractivity contribution is 9.10. The van der Waals surface area contributed by atoms with E-state index in [4.69, 9.17) is 10.5 Å². The molecule has 2 rings (SSSR count). The fourth-order valence-corrected chi connectivity index (χ4v) is 3.49. The van der Waals surface area contributed by atoms with E-state index >= 15 is 0 Å². The van der Waals surface area contributed by atoms with Crippen molar-refractivity contribution >= 4 is 15.9 Å². The van der Waals surface area contributed by atoms with Crippen molar-refractivity contribution in [2.45, 2.75) is 25.4 Å². The molecule has 0 bridgehead atoms. The van der Waals surface area contributed by atoms with Crippen molar-refractivity contribution in [2.75, 3.05) is 40.3 Å². The first-order chi connectivity index (χ1) is 9.89. The topological polar surface area (TPSA) is 41.7 Å². The maximum absolute atomic E-state index is 6.08. The van der Waals surface area contributed by atoms with E-state index in [-0.39, 0.29) is 11.6 Å². The number of hydrogen-bond acceptors (Lipinski definition) is 4. The van der Waals surface area contributed by atoms with Gasteiger partial charge < -0.3 is 10.5 Å². The average Bonchev–Trinajstić information content (AvgIpc) is 2.43. The molecule has 5 heteroatoms. The van der Waals surface area contributed by atoms with E-state index < -0.39 is 0 Å². The number of halogens is 1. The molecular weight excluding hydrogens is 330 g/mol. The summed E-state index contributed by atoms with van der Waals surface area (Å²) in [6.07, 6.45) is 0. The number of nitrogens with zero attached hydrogens (tertiary/aromatic N) is 2. The molecule has 1 atom stereocenters. The maximum atomic E-state index is 6.08. The second kappa shape index (κ2) is 6.65. The average molecular weight is 356 g/mol. The third kappa shape index (κ3) is 3.59. The van der Waals surface area contributed by atoms with Crippen molar-refractivity contribution in [3.8, 4) is 5.75 Å². The molecule has 1 saturated heterocycles. The predicted octanol–water partition coefficient (Wildman–Crippen LogP) is 2.48. The highest BCUT2D eigenvalue weighted by atomic mass is 79.9. The third-order valence-electron chi connectivity index (χ3n) is 4.57. The summed E-state index contributed by atoms with van der Waals surface area (Å²) >= 11 is 3.57. The van der Waals surface area contributed by atoms with E-state index in [1.54, 1.807) is 7.11 Å². The number of methoxy groups -OCH3 is 1. The van der Waals surface area contributed by atoms with Crippen LogP contribution in [0.15, 0.2) is 22.7 Å². The van der Waals surface area contributed by atoms with E-state index in [1.165, 1.54) is 5.56 Å². The van der Waals surface area contributed by atoms with Crippen LogP contribution in [0.2, 0.25) is 0 Å². The van der Waals surface area contributed by atoms with Gasteiger partial charge in [-0.15, -0.1) is 0 Å². The van der Waals surface area contributed by atoms with Crippen LogP contribution in [0.3, 0.4) is 0 Å². The van der Waals surface area contributed by atoms with Crippen molar-refractivity contribution in [3.05, 3.63) is 28.2 Å². The summed E-state index contributed by atoms with van der Waals surface area (Å²) in [4.78, 5) is 4.91. The van der Waals surface area contributed by atoms with Gasteiger partial charge in [-0.1, -0.05) is 6.07 Å². The zero-order valence-electron chi connectivity index (χ0n) is 13.4. The molecule has 1 heterocycles. The first-order valence-electron chi connectivity index (χ1n) is 7.38. The minimum Gasteiger partial charge on any atom is -0.496 e. The molecule has 1 aliphatic rings. The summed E-state index contributed by atoms with van der Waals surface area (Å²) in [6, 6.07) is 6.50. The Hall–Kier alpha value is -0.620. The lowest BCUT2D eigenvalue weighted by Crippen LogP contribution is -2.58. The predicted molar refractivity (Wildman–Crippen MR) is 90.8 cm³/mol. The van der Waals surface area contributed by atoms with Crippen molar-refractivity contribution in [3.63, 3.8) is 0 Å². The standard InChI is InChI=1S/C16H26BrN3O/c1-16(2)11-20(8-7-19(16)3)14(10-18)12-5-6-15(21-4)13(17)9-12/h5-6,9,14H,7-8,10-11,18H2,1-4H3. The molecule has 2 N–H and O–H groups in total. The summed E-state index contributed by atoms with van der Waals surface area (Å²) in [5.41, 5.74) is 7.49. The lowest BCUT2D eigenvalue weighted by atomic mass is 9.96. The molecule has 1 aliphatic heterocycles. The van der Waals surface area contributed by atoms with Gasteiger partial charge in [0.1, 0.15) is 5.75 Å². The van der Waals surface area contributed by atoms with Crippen LogP contribution in [-0.4, -0.2) is 55.7 Å². The Morgan fingerprint density at radius 1 is 1.38 bits per heavy atom. The largest absolute Gasteiger partial charge is 0.496 e. The fourth-order valence-electron chi connectivity index (χ4n) is 2.93. The molecule has 0 aliphatic carbocycles. The molecule has 0 saturated carbocycles. The second-order valence-corrected chi connectivity index (χ2v) is 7.20. The Morgan fingerprint density at radius 3 is 2.62 bits per heavy atom. The molecule has 0 spiro atoms. The van der Waals surface area contributed by atoms with Crippen LogP contribution < -0.4 is 10.5 Å². The second-order valence-electron chi connectivity index (χ2n) is 6.35. The van der Waals surface area contributed by atoms with Crippen molar-refractivity contribution in [1.82, 2.24) is 9.80 Å². The summed E-state index contributed by atoms with van der Waals surface area (Å²) in [6.45, 7) is 8.34. The normalized spacial score (nSPS) is 21.2. The van der Waals surface area contributed by atoms with E-state index in [2.05, 4.69) is 58.8 Å². The van der Waals surface area contributed by atoms with Gasteiger partial charge in [-0.3, -0.25) is 9.80 Å². The van der Waals surface area contributed by atoms with Gasteiger partial charge in [-0.25, -0.2) is 0 Å². The molecule has 0 radical (unpaired) electrons. The summed E-state index contributed by atoms with van der Waals surface area (Å²) in [5.74, 6) is 0.855. The minimum atomic E-state index is 0.176. The molecule has 1 aromatic carbocycles. The van der Waals surface area contributed by atoms with E-state index in [9.17, 15) is 0 Å². The van der Waals surface area contributed by atoms with Gasteiger partial charge >= 0.3 is 0 Å². The van der Waals surface area contributed by atoms with Crippen LogP contribution in [-0.2, 0) is 0 Å². The third-order valence-corrected chi connectivity index (χ3v) is 5.19. The number of benzene rings is 1. The molecule has 1 fully saturated rings. The molecule has 0 amide bonds. The number of ether oxygens (including phenoxy) is 1. The number of hydrogen-bond donors (Lipinski definition) is 1. The number of piperazine rings is 1.